The van der Waals surface area contributed by atoms with Gasteiger partial charge in [-0.1, -0.05) is 0 Å². The highest BCUT2D eigenvalue weighted by atomic mass is 16.5. The minimum absolute atomic E-state index is 0.144. The first-order chi connectivity index (χ1) is 13.6. The second kappa shape index (κ2) is 8.94. The van der Waals surface area contributed by atoms with E-state index in [1.807, 2.05) is 56.3 Å². The van der Waals surface area contributed by atoms with Crippen molar-refractivity contribution in [1.82, 2.24) is 9.97 Å². The molecule has 7 heteroatoms. The fourth-order valence-corrected chi connectivity index (χ4v) is 2.57. The van der Waals surface area contributed by atoms with E-state index in [4.69, 9.17) is 14.2 Å². The van der Waals surface area contributed by atoms with Crippen molar-refractivity contribution in [3.63, 3.8) is 0 Å². The van der Waals surface area contributed by atoms with Crippen molar-refractivity contribution in [2.75, 3.05) is 24.9 Å². The largest absolute Gasteiger partial charge is 0.493 e. The Morgan fingerprint density at radius 3 is 2.21 bits per heavy atom. The average molecular weight is 380 g/mol. The first-order valence-electron chi connectivity index (χ1n) is 8.93. The lowest BCUT2D eigenvalue weighted by molar-refractivity contribution is 0.242. The summed E-state index contributed by atoms with van der Waals surface area (Å²) in [7, 11) is 3.20. The van der Waals surface area contributed by atoms with Crippen LogP contribution < -0.4 is 24.8 Å². The van der Waals surface area contributed by atoms with Gasteiger partial charge in [-0.25, -0.2) is 4.98 Å². The summed E-state index contributed by atoms with van der Waals surface area (Å²) in [6.07, 6.45) is 1.83. The predicted molar refractivity (Wildman–Crippen MR) is 110 cm³/mol. The van der Waals surface area contributed by atoms with E-state index >= 15 is 0 Å². The van der Waals surface area contributed by atoms with Crippen LogP contribution in [0, 0.1) is 0 Å². The zero-order valence-electron chi connectivity index (χ0n) is 16.4. The lowest BCUT2D eigenvalue weighted by Gasteiger charge is -2.12. The van der Waals surface area contributed by atoms with E-state index in [0.717, 1.165) is 17.1 Å². The Morgan fingerprint density at radius 2 is 1.54 bits per heavy atom. The molecule has 0 spiro atoms. The predicted octanol–water partition coefficient (Wildman–Crippen LogP) is 4.77. The van der Waals surface area contributed by atoms with Crippen LogP contribution in [0.4, 0.5) is 23.1 Å². The lowest BCUT2D eigenvalue weighted by atomic mass is 10.3. The normalized spacial score (nSPS) is 10.5. The second-order valence-electron chi connectivity index (χ2n) is 6.28. The fraction of sp³-hybridized carbons (Fsp3) is 0.238. The molecule has 0 unspecified atom stereocenters. The molecule has 1 heterocycles. The number of methoxy groups -OCH3 is 2. The van der Waals surface area contributed by atoms with Crippen molar-refractivity contribution in [3.8, 4) is 17.2 Å². The number of anilines is 4. The number of rotatable bonds is 8. The molecule has 0 saturated heterocycles. The molecule has 7 nitrogen and oxygen atoms in total. The second-order valence-corrected chi connectivity index (χ2v) is 6.28. The average Bonchev–Trinajstić information content (AvgIpc) is 2.69. The molecule has 0 radical (unpaired) electrons. The summed E-state index contributed by atoms with van der Waals surface area (Å²) in [5.41, 5.74) is 1.71. The highest BCUT2D eigenvalue weighted by Gasteiger charge is 2.07. The third-order valence-corrected chi connectivity index (χ3v) is 3.79. The molecule has 0 fully saturated rings. The molecule has 0 aliphatic rings. The van der Waals surface area contributed by atoms with Gasteiger partial charge in [0, 0.05) is 23.6 Å². The number of nitrogens with zero attached hydrogens (tertiary/aromatic N) is 2. The van der Waals surface area contributed by atoms with Gasteiger partial charge in [0.2, 0.25) is 5.95 Å². The van der Waals surface area contributed by atoms with E-state index < -0.39 is 0 Å². The highest BCUT2D eigenvalue weighted by molar-refractivity contribution is 5.62. The van der Waals surface area contributed by atoms with E-state index in [0.29, 0.717) is 23.3 Å². The zero-order valence-corrected chi connectivity index (χ0v) is 16.4. The molecule has 0 aliphatic carbocycles. The van der Waals surface area contributed by atoms with Gasteiger partial charge in [-0.15, -0.1) is 0 Å². The molecule has 146 valence electrons. The molecule has 0 bridgehead atoms. The van der Waals surface area contributed by atoms with Crippen molar-refractivity contribution in [2.45, 2.75) is 20.0 Å². The molecule has 0 aliphatic heterocycles. The third-order valence-electron chi connectivity index (χ3n) is 3.79. The highest BCUT2D eigenvalue weighted by Crippen LogP contribution is 2.30. The standard InChI is InChI=1S/C21H24N4O3/c1-14(2)28-17-8-5-15(6-9-17)23-20-11-12-22-21(25-20)24-16-7-10-18(26-3)19(13-16)27-4/h5-14H,1-4H3,(H2,22,23,24,25). The molecule has 2 aromatic carbocycles. The van der Waals surface area contributed by atoms with E-state index in [9.17, 15) is 0 Å². The van der Waals surface area contributed by atoms with Crippen molar-refractivity contribution in [2.24, 2.45) is 0 Å². The monoisotopic (exact) mass is 380 g/mol. The van der Waals surface area contributed by atoms with Crippen LogP contribution in [0.2, 0.25) is 0 Å². The Hall–Kier alpha value is -3.48. The van der Waals surface area contributed by atoms with Gasteiger partial charge in [-0.3, -0.25) is 0 Å². The Bertz CT molecular complexity index is 914. The molecule has 0 atom stereocenters. The van der Waals surface area contributed by atoms with Gasteiger partial charge in [-0.2, -0.15) is 4.98 Å². The van der Waals surface area contributed by atoms with Crippen LogP contribution in [0.1, 0.15) is 13.8 Å². The van der Waals surface area contributed by atoms with Gasteiger partial charge in [0.1, 0.15) is 11.6 Å². The van der Waals surface area contributed by atoms with Crippen LogP contribution in [-0.2, 0) is 0 Å². The van der Waals surface area contributed by atoms with Crippen molar-refractivity contribution in [3.05, 3.63) is 54.7 Å². The summed E-state index contributed by atoms with van der Waals surface area (Å²) in [5, 5.41) is 6.43. The number of aromatic nitrogens is 2. The van der Waals surface area contributed by atoms with Gasteiger partial charge in [-0.05, 0) is 56.3 Å². The maximum Gasteiger partial charge on any atom is 0.229 e. The van der Waals surface area contributed by atoms with Crippen LogP contribution in [0.25, 0.3) is 0 Å². The van der Waals surface area contributed by atoms with Gasteiger partial charge in [0.05, 0.1) is 20.3 Å². The van der Waals surface area contributed by atoms with Crippen LogP contribution in [0.15, 0.2) is 54.7 Å². The quantitative estimate of drug-likeness (QED) is 0.583. The Balaban J connectivity index is 1.70. The Morgan fingerprint density at radius 1 is 0.821 bits per heavy atom. The van der Waals surface area contributed by atoms with E-state index in [1.54, 1.807) is 26.5 Å². The van der Waals surface area contributed by atoms with E-state index in [2.05, 4.69) is 20.6 Å². The summed E-state index contributed by atoms with van der Waals surface area (Å²) in [6.45, 7) is 4.00. The number of nitrogens with one attached hydrogen (secondary N) is 2. The molecule has 28 heavy (non-hydrogen) atoms. The van der Waals surface area contributed by atoms with E-state index in [1.165, 1.54) is 0 Å². The number of benzene rings is 2. The first kappa shape index (κ1) is 19.3. The minimum atomic E-state index is 0.144. The molecule has 3 aromatic rings. The molecular formula is C21H24N4O3. The minimum Gasteiger partial charge on any atom is -0.493 e. The van der Waals surface area contributed by atoms with Crippen LogP contribution >= 0.6 is 0 Å². The van der Waals surface area contributed by atoms with Crippen LogP contribution in [-0.4, -0.2) is 30.3 Å². The van der Waals surface area contributed by atoms with Crippen LogP contribution in [0.3, 0.4) is 0 Å². The van der Waals surface area contributed by atoms with Gasteiger partial charge < -0.3 is 24.8 Å². The summed E-state index contributed by atoms with van der Waals surface area (Å²) in [5.74, 6) is 3.27. The van der Waals surface area contributed by atoms with Crippen molar-refractivity contribution >= 4 is 23.1 Å². The molecule has 1 aromatic heterocycles. The van der Waals surface area contributed by atoms with Crippen molar-refractivity contribution in [1.29, 1.82) is 0 Å². The SMILES string of the molecule is COc1ccc(Nc2nccc(Nc3ccc(OC(C)C)cc3)n2)cc1OC. The smallest absolute Gasteiger partial charge is 0.229 e. The first-order valence-corrected chi connectivity index (χ1v) is 8.93. The Labute approximate surface area is 164 Å². The maximum absolute atomic E-state index is 5.66. The molecule has 2 N–H and O–H groups in total. The molecule has 0 saturated carbocycles. The summed E-state index contributed by atoms with van der Waals surface area (Å²) in [4.78, 5) is 8.76. The molecule has 0 amide bonds. The number of ether oxygens (including phenoxy) is 3. The van der Waals surface area contributed by atoms with Gasteiger partial charge in [0.25, 0.3) is 0 Å². The van der Waals surface area contributed by atoms with E-state index in [-0.39, 0.29) is 6.10 Å². The fourth-order valence-electron chi connectivity index (χ4n) is 2.57. The van der Waals surface area contributed by atoms with Gasteiger partial charge >= 0.3 is 0 Å². The number of hydrogen-bond acceptors (Lipinski definition) is 7. The maximum atomic E-state index is 5.66. The number of hydrogen-bond donors (Lipinski definition) is 2. The molecular weight excluding hydrogens is 356 g/mol. The Kier molecular flexibility index (Phi) is 6.16. The summed E-state index contributed by atoms with van der Waals surface area (Å²) < 4.78 is 16.2. The zero-order chi connectivity index (χ0) is 19.9. The van der Waals surface area contributed by atoms with Crippen LogP contribution in [0.5, 0.6) is 17.2 Å². The summed E-state index contributed by atoms with van der Waals surface area (Å²) in [6, 6.07) is 15.1. The molecule has 3 rings (SSSR count). The summed E-state index contributed by atoms with van der Waals surface area (Å²) >= 11 is 0. The third kappa shape index (κ3) is 5.03. The van der Waals surface area contributed by atoms with Gasteiger partial charge in [0.15, 0.2) is 11.5 Å². The lowest BCUT2D eigenvalue weighted by Crippen LogP contribution is -2.05. The topological polar surface area (TPSA) is 77.5 Å². The van der Waals surface area contributed by atoms with Crippen molar-refractivity contribution < 1.29 is 14.2 Å².